The maximum absolute atomic E-state index is 6.12. The predicted octanol–water partition coefficient (Wildman–Crippen LogP) is 3.39. The van der Waals surface area contributed by atoms with Crippen molar-refractivity contribution in [3.05, 3.63) is 36.4 Å². The maximum Gasteiger partial charge on any atom is 0.356 e. The lowest BCUT2D eigenvalue weighted by molar-refractivity contribution is 0.119. The van der Waals surface area contributed by atoms with Crippen LogP contribution in [0.1, 0.15) is 46.1 Å². The molecule has 0 heterocycles. The van der Waals surface area contributed by atoms with E-state index in [4.69, 9.17) is 8.85 Å². The molecule has 0 aliphatic rings. The largest absolute Gasteiger partial charge is 0.390 e. The Kier molecular flexibility index (Phi) is 7.06. The zero-order chi connectivity index (χ0) is 14.3. The van der Waals surface area contributed by atoms with Gasteiger partial charge in [-0.3, -0.25) is 0 Å². The molecule has 1 rings (SSSR count). The van der Waals surface area contributed by atoms with Gasteiger partial charge < -0.3 is 8.85 Å². The third-order valence-electron chi connectivity index (χ3n) is 3.31. The van der Waals surface area contributed by atoms with E-state index in [0.29, 0.717) is 0 Å². The first-order chi connectivity index (χ1) is 9.10. The van der Waals surface area contributed by atoms with Crippen LogP contribution in [-0.4, -0.2) is 21.5 Å². The minimum atomic E-state index is -1.81. The van der Waals surface area contributed by atoms with Crippen molar-refractivity contribution in [1.29, 1.82) is 0 Å². The molecule has 0 radical (unpaired) electrons. The van der Waals surface area contributed by atoms with Gasteiger partial charge in [0, 0.05) is 12.2 Å². The third-order valence-corrected chi connectivity index (χ3v) is 5.66. The molecule has 0 aromatic heterocycles. The second-order valence-electron chi connectivity index (χ2n) is 4.91. The number of hydrogen-bond acceptors (Lipinski definition) is 2. The Balaban J connectivity index is 2.83. The minimum Gasteiger partial charge on any atom is -0.390 e. The molecule has 1 aromatic carbocycles. The van der Waals surface area contributed by atoms with Crippen molar-refractivity contribution >= 4 is 20.5 Å². The summed E-state index contributed by atoms with van der Waals surface area (Å²) in [6.45, 7) is 12.3. The van der Waals surface area contributed by atoms with Crippen LogP contribution >= 0.6 is 0 Å². The van der Waals surface area contributed by atoms with Crippen LogP contribution in [0.3, 0.4) is 0 Å². The van der Waals surface area contributed by atoms with E-state index in [1.165, 1.54) is 5.19 Å². The van der Waals surface area contributed by atoms with Crippen molar-refractivity contribution in [2.75, 3.05) is 0 Å². The molecule has 2 nitrogen and oxygen atoms in total. The summed E-state index contributed by atoms with van der Waals surface area (Å²) in [5.41, 5.74) is 1.13. The average Bonchev–Trinajstić information content (AvgIpc) is 2.46. The number of hydrogen-bond donors (Lipinski definition) is 0. The molecule has 0 saturated carbocycles. The van der Waals surface area contributed by atoms with E-state index in [9.17, 15) is 0 Å². The van der Waals surface area contributed by atoms with E-state index in [0.717, 1.165) is 18.4 Å². The van der Waals surface area contributed by atoms with Gasteiger partial charge in [-0.05, 0) is 37.4 Å². The molecule has 3 heteroatoms. The monoisotopic (exact) mass is 278 g/mol. The SMILES string of the molecule is C=Cc1ccc([SiH](OC(C)CC)OC(C)CC)cc1. The molecule has 1 aromatic rings. The lowest BCUT2D eigenvalue weighted by Crippen LogP contribution is -2.41. The van der Waals surface area contributed by atoms with Crippen molar-refractivity contribution in [2.45, 2.75) is 52.7 Å². The first kappa shape index (κ1) is 16.2. The molecule has 0 saturated heterocycles. The van der Waals surface area contributed by atoms with E-state index in [2.05, 4.69) is 58.5 Å². The van der Waals surface area contributed by atoms with Crippen molar-refractivity contribution in [2.24, 2.45) is 0 Å². The Labute approximate surface area is 119 Å². The van der Waals surface area contributed by atoms with E-state index < -0.39 is 9.28 Å². The molecule has 0 aliphatic heterocycles. The average molecular weight is 278 g/mol. The Hall–Kier alpha value is -0.903. The van der Waals surface area contributed by atoms with Crippen molar-refractivity contribution in [1.82, 2.24) is 0 Å². The fourth-order valence-corrected chi connectivity index (χ4v) is 3.71. The van der Waals surface area contributed by atoms with E-state index in [-0.39, 0.29) is 12.2 Å². The molecule has 0 bridgehead atoms. The van der Waals surface area contributed by atoms with Gasteiger partial charge in [-0.2, -0.15) is 0 Å². The van der Waals surface area contributed by atoms with Gasteiger partial charge in [-0.15, -0.1) is 0 Å². The highest BCUT2D eigenvalue weighted by atomic mass is 28.3. The molecule has 0 N–H and O–H groups in total. The summed E-state index contributed by atoms with van der Waals surface area (Å²) in [5.74, 6) is 0. The second kappa shape index (κ2) is 8.30. The van der Waals surface area contributed by atoms with Gasteiger partial charge in [-0.1, -0.05) is 50.8 Å². The quantitative estimate of drug-likeness (QED) is 0.679. The Morgan fingerprint density at radius 3 is 1.89 bits per heavy atom. The van der Waals surface area contributed by atoms with Gasteiger partial charge in [0.05, 0.1) is 0 Å². The Bertz CT molecular complexity index is 363. The van der Waals surface area contributed by atoms with Gasteiger partial charge >= 0.3 is 9.28 Å². The number of rotatable bonds is 8. The normalized spacial score (nSPS) is 15.8. The Morgan fingerprint density at radius 1 is 1.05 bits per heavy atom. The molecule has 0 amide bonds. The zero-order valence-corrected chi connectivity index (χ0v) is 13.7. The van der Waals surface area contributed by atoms with Gasteiger partial charge in [0.25, 0.3) is 0 Å². The first-order valence-corrected chi connectivity index (χ1v) is 8.66. The second-order valence-corrected chi connectivity index (χ2v) is 6.79. The molecule has 2 unspecified atom stereocenters. The molecule has 0 aliphatic carbocycles. The molecule has 19 heavy (non-hydrogen) atoms. The molecule has 0 spiro atoms. The van der Waals surface area contributed by atoms with Crippen LogP contribution in [0.4, 0.5) is 0 Å². The molecule has 106 valence electrons. The van der Waals surface area contributed by atoms with Gasteiger partial charge in [0.1, 0.15) is 0 Å². The van der Waals surface area contributed by atoms with Crippen LogP contribution < -0.4 is 5.19 Å². The van der Waals surface area contributed by atoms with Crippen LogP contribution in [0.25, 0.3) is 6.08 Å². The summed E-state index contributed by atoms with van der Waals surface area (Å²) in [5, 5.41) is 1.20. The van der Waals surface area contributed by atoms with E-state index >= 15 is 0 Å². The summed E-state index contributed by atoms with van der Waals surface area (Å²) < 4.78 is 12.2. The van der Waals surface area contributed by atoms with Gasteiger partial charge in [0.15, 0.2) is 0 Å². The number of benzene rings is 1. The van der Waals surface area contributed by atoms with Crippen molar-refractivity contribution in [3.63, 3.8) is 0 Å². The molecule has 0 fully saturated rings. The van der Waals surface area contributed by atoms with E-state index in [1.54, 1.807) is 0 Å². The van der Waals surface area contributed by atoms with Gasteiger partial charge in [-0.25, -0.2) is 0 Å². The van der Waals surface area contributed by atoms with Crippen molar-refractivity contribution < 1.29 is 8.85 Å². The van der Waals surface area contributed by atoms with Gasteiger partial charge in [0.2, 0.25) is 0 Å². The Morgan fingerprint density at radius 2 is 1.53 bits per heavy atom. The summed E-state index contributed by atoms with van der Waals surface area (Å²) in [6.07, 6.45) is 4.38. The summed E-state index contributed by atoms with van der Waals surface area (Å²) >= 11 is 0. The standard InChI is InChI=1S/C16H26O2Si/c1-6-13(4)17-19(18-14(5)7-2)16-11-9-15(8-3)10-12-16/h8-14,19H,3,6-7H2,1-2,4-5H3. The van der Waals surface area contributed by atoms with Crippen LogP contribution in [0.15, 0.2) is 30.8 Å². The summed E-state index contributed by atoms with van der Waals surface area (Å²) in [7, 11) is -1.81. The van der Waals surface area contributed by atoms with Crippen LogP contribution in [0.5, 0.6) is 0 Å². The van der Waals surface area contributed by atoms with Crippen LogP contribution in [0.2, 0.25) is 0 Å². The highest BCUT2D eigenvalue weighted by Gasteiger charge is 2.21. The van der Waals surface area contributed by atoms with Crippen LogP contribution in [-0.2, 0) is 8.85 Å². The molecular weight excluding hydrogens is 252 g/mol. The zero-order valence-electron chi connectivity index (χ0n) is 12.6. The summed E-state index contributed by atoms with van der Waals surface area (Å²) in [6, 6.07) is 8.36. The van der Waals surface area contributed by atoms with E-state index in [1.807, 2.05) is 6.08 Å². The smallest absolute Gasteiger partial charge is 0.356 e. The fourth-order valence-electron chi connectivity index (χ4n) is 1.59. The topological polar surface area (TPSA) is 18.5 Å². The van der Waals surface area contributed by atoms with Crippen molar-refractivity contribution in [3.8, 4) is 0 Å². The fraction of sp³-hybridized carbons (Fsp3) is 0.500. The predicted molar refractivity (Wildman–Crippen MR) is 85.0 cm³/mol. The first-order valence-electron chi connectivity index (χ1n) is 7.14. The third kappa shape index (κ3) is 5.31. The molecular formula is C16H26O2Si. The minimum absolute atomic E-state index is 0.250. The lowest BCUT2D eigenvalue weighted by atomic mass is 10.2. The van der Waals surface area contributed by atoms with Crippen LogP contribution in [0, 0.1) is 0 Å². The molecule has 2 atom stereocenters. The lowest BCUT2D eigenvalue weighted by Gasteiger charge is -2.24. The summed E-state index contributed by atoms with van der Waals surface area (Å²) in [4.78, 5) is 0. The highest BCUT2D eigenvalue weighted by Crippen LogP contribution is 2.07. The highest BCUT2D eigenvalue weighted by molar-refractivity contribution is 6.61. The maximum atomic E-state index is 6.12.